The van der Waals surface area contributed by atoms with Gasteiger partial charge in [0.15, 0.2) is 0 Å². The van der Waals surface area contributed by atoms with Gasteiger partial charge in [0.2, 0.25) is 0 Å². The first-order chi connectivity index (χ1) is 13.0. The highest BCUT2D eigenvalue weighted by Crippen LogP contribution is 2.67. The fraction of sp³-hybridized carbons (Fsp3) is 0.692. The van der Waals surface area contributed by atoms with E-state index in [4.69, 9.17) is 0 Å². The highest BCUT2D eigenvalue weighted by Gasteiger charge is 2.60. The number of fused-ring (bicyclic) bond motifs is 5. The lowest BCUT2D eigenvalue weighted by molar-refractivity contribution is -0.119. The van der Waals surface area contributed by atoms with E-state index in [0.717, 1.165) is 24.2 Å². The number of rotatable bonds is 1. The van der Waals surface area contributed by atoms with Crippen LogP contribution in [0.3, 0.4) is 0 Å². The first kappa shape index (κ1) is 18.0. The topological polar surface area (TPSA) is 20.2 Å². The molecule has 0 bridgehead atoms. The molecular formula is C26H36O. The average Bonchev–Trinajstić information content (AvgIpc) is 2.93. The minimum absolute atomic E-state index is 0.0969. The van der Waals surface area contributed by atoms with Crippen LogP contribution in [-0.4, -0.2) is 11.2 Å². The molecule has 0 saturated heterocycles. The van der Waals surface area contributed by atoms with Gasteiger partial charge >= 0.3 is 0 Å². The highest BCUT2D eigenvalue weighted by atomic mass is 16.3. The van der Waals surface area contributed by atoms with Gasteiger partial charge in [-0.15, -0.1) is 0 Å². The molecule has 0 heterocycles. The molecule has 0 unspecified atom stereocenters. The molecule has 1 heteroatoms. The Bertz CT molecular complexity index is 721. The lowest BCUT2D eigenvalue weighted by Gasteiger charge is -2.60. The molecule has 0 aromatic heterocycles. The summed E-state index contributed by atoms with van der Waals surface area (Å²) in [5, 5.41) is 11.3. The van der Waals surface area contributed by atoms with E-state index in [1.807, 2.05) is 0 Å². The maximum absolute atomic E-state index is 11.3. The maximum Gasteiger partial charge on any atom is 0.0809 e. The normalized spacial score (nSPS) is 48.0. The number of aliphatic hydroxyl groups excluding tert-OH is 1. The minimum atomic E-state index is -0.249. The van der Waals surface area contributed by atoms with E-state index in [0.29, 0.717) is 11.3 Å². The standard InChI is InChI=1S/C26H36O/c1-25-14-7-6-10-20(25)11-12-21-22(25)13-15-26(2)23(21)17-19(24(26)27)16-18-8-4-3-5-9-18/h3-5,8-9,16,20-24,27H,6-7,10-15,17H2,1-2H3/b19-16+/t20-,21-,22+,23-,24-,25+,26+/m1/s1. The smallest absolute Gasteiger partial charge is 0.0809 e. The Hall–Kier alpha value is -1.08. The maximum atomic E-state index is 11.3. The molecule has 0 radical (unpaired) electrons. The van der Waals surface area contributed by atoms with Crippen LogP contribution in [0.15, 0.2) is 35.9 Å². The molecule has 4 fully saturated rings. The van der Waals surface area contributed by atoms with Gasteiger partial charge in [-0.25, -0.2) is 0 Å². The summed E-state index contributed by atoms with van der Waals surface area (Å²) in [5.74, 6) is 3.39. The molecule has 0 spiro atoms. The van der Waals surface area contributed by atoms with E-state index in [2.05, 4.69) is 50.3 Å². The summed E-state index contributed by atoms with van der Waals surface area (Å²) in [6.07, 6.45) is 14.4. The Labute approximate surface area is 165 Å². The minimum Gasteiger partial charge on any atom is -0.388 e. The van der Waals surface area contributed by atoms with Gasteiger partial charge in [-0.1, -0.05) is 63.1 Å². The molecular weight excluding hydrogens is 328 g/mol. The van der Waals surface area contributed by atoms with Gasteiger partial charge in [-0.2, -0.15) is 0 Å². The largest absolute Gasteiger partial charge is 0.388 e. The Morgan fingerprint density at radius 2 is 1.70 bits per heavy atom. The van der Waals surface area contributed by atoms with E-state index in [-0.39, 0.29) is 11.5 Å². The zero-order valence-corrected chi connectivity index (χ0v) is 17.2. The fourth-order valence-corrected chi connectivity index (χ4v) is 8.06. The summed E-state index contributed by atoms with van der Waals surface area (Å²) in [7, 11) is 0. The summed E-state index contributed by atoms with van der Waals surface area (Å²) >= 11 is 0. The zero-order chi connectivity index (χ0) is 18.6. The highest BCUT2D eigenvalue weighted by molar-refractivity contribution is 5.55. The van der Waals surface area contributed by atoms with Gasteiger partial charge in [0.1, 0.15) is 0 Å². The van der Waals surface area contributed by atoms with Crippen molar-refractivity contribution < 1.29 is 5.11 Å². The van der Waals surface area contributed by atoms with E-state index >= 15 is 0 Å². The molecule has 1 N–H and O–H groups in total. The van der Waals surface area contributed by atoms with Crippen molar-refractivity contribution in [3.8, 4) is 0 Å². The summed E-state index contributed by atoms with van der Waals surface area (Å²) in [4.78, 5) is 0. The molecule has 1 aromatic rings. The molecule has 0 amide bonds. The number of hydrogen-bond acceptors (Lipinski definition) is 1. The molecule has 1 aromatic carbocycles. The Morgan fingerprint density at radius 1 is 0.889 bits per heavy atom. The van der Waals surface area contributed by atoms with Crippen molar-refractivity contribution >= 4 is 6.08 Å². The number of hydrogen-bond donors (Lipinski definition) is 1. The van der Waals surface area contributed by atoms with E-state index in [1.54, 1.807) is 0 Å². The van der Waals surface area contributed by atoms with Crippen LogP contribution in [-0.2, 0) is 0 Å². The van der Waals surface area contributed by atoms with Crippen molar-refractivity contribution in [2.45, 2.75) is 77.7 Å². The van der Waals surface area contributed by atoms with Crippen molar-refractivity contribution in [2.24, 2.45) is 34.5 Å². The second-order valence-corrected chi connectivity index (χ2v) is 10.7. The summed E-state index contributed by atoms with van der Waals surface area (Å²) in [5.41, 5.74) is 3.22. The quantitative estimate of drug-likeness (QED) is 0.605. The monoisotopic (exact) mass is 364 g/mol. The Balaban J connectivity index is 1.46. The van der Waals surface area contributed by atoms with Crippen molar-refractivity contribution in [2.75, 3.05) is 0 Å². The van der Waals surface area contributed by atoms with E-state index in [9.17, 15) is 5.11 Å². The van der Waals surface area contributed by atoms with Crippen LogP contribution in [0, 0.1) is 34.5 Å². The Morgan fingerprint density at radius 3 is 2.52 bits per heavy atom. The number of aliphatic hydroxyl groups is 1. The van der Waals surface area contributed by atoms with Crippen LogP contribution in [0.5, 0.6) is 0 Å². The third-order valence-electron chi connectivity index (χ3n) is 9.60. The van der Waals surface area contributed by atoms with Gasteiger partial charge in [0, 0.05) is 5.41 Å². The van der Waals surface area contributed by atoms with Crippen molar-refractivity contribution in [1.82, 2.24) is 0 Å². The molecule has 7 atom stereocenters. The third kappa shape index (κ3) is 2.68. The lowest BCUT2D eigenvalue weighted by Crippen LogP contribution is -2.53. The molecule has 146 valence electrons. The average molecular weight is 365 g/mol. The molecule has 4 aliphatic rings. The van der Waals surface area contributed by atoms with Crippen molar-refractivity contribution in [3.63, 3.8) is 0 Å². The van der Waals surface area contributed by atoms with Crippen molar-refractivity contribution in [3.05, 3.63) is 41.5 Å². The molecule has 5 rings (SSSR count). The van der Waals surface area contributed by atoms with Crippen LogP contribution < -0.4 is 0 Å². The van der Waals surface area contributed by atoms with Crippen LogP contribution in [0.25, 0.3) is 6.08 Å². The summed E-state index contributed by atoms with van der Waals surface area (Å²) in [6, 6.07) is 10.6. The predicted octanol–water partition coefficient (Wildman–Crippen LogP) is 6.47. The molecule has 1 nitrogen and oxygen atoms in total. The summed E-state index contributed by atoms with van der Waals surface area (Å²) < 4.78 is 0. The fourth-order valence-electron chi connectivity index (χ4n) is 8.06. The van der Waals surface area contributed by atoms with E-state index < -0.39 is 0 Å². The van der Waals surface area contributed by atoms with Gasteiger partial charge < -0.3 is 5.11 Å². The van der Waals surface area contributed by atoms with Crippen LogP contribution in [0.2, 0.25) is 0 Å². The third-order valence-corrected chi connectivity index (χ3v) is 9.60. The first-order valence-electron chi connectivity index (χ1n) is 11.5. The van der Waals surface area contributed by atoms with Gasteiger partial charge in [0.25, 0.3) is 0 Å². The van der Waals surface area contributed by atoms with Crippen LogP contribution in [0.1, 0.15) is 77.2 Å². The van der Waals surface area contributed by atoms with Crippen molar-refractivity contribution in [1.29, 1.82) is 0 Å². The predicted molar refractivity (Wildman–Crippen MR) is 112 cm³/mol. The summed E-state index contributed by atoms with van der Waals surface area (Å²) in [6.45, 7) is 5.04. The molecule has 4 saturated carbocycles. The second-order valence-electron chi connectivity index (χ2n) is 10.7. The van der Waals surface area contributed by atoms with Gasteiger partial charge in [-0.3, -0.25) is 0 Å². The van der Waals surface area contributed by atoms with Gasteiger partial charge in [-0.05, 0) is 85.2 Å². The molecule has 27 heavy (non-hydrogen) atoms. The zero-order valence-electron chi connectivity index (χ0n) is 17.2. The van der Waals surface area contributed by atoms with E-state index in [1.165, 1.54) is 62.5 Å². The lowest BCUT2D eigenvalue weighted by atomic mass is 9.45. The van der Waals surface area contributed by atoms with Gasteiger partial charge in [0.05, 0.1) is 6.10 Å². The SMILES string of the molecule is C[C@]12CCCC[C@@H]1CC[C@H]1[C@H]3C/C(=C\c4ccccc4)[C@@H](O)[C@@]3(C)CC[C@@H]12. The number of benzene rings is 1. The molecule has 0 aliphatic heterocycles. The molecule has 4 aliphatic carbocycles. The second kappa shape index (κ2) is 6.48. The first-order valence-corrected chi connectivity index (χ1v) is 11.5. The Kier molecular flexibility index (Phi) is 4.31. The van der Waals surface area contributed by atoms with Crippen LogP contribution in [0.4, 0.5) is 0 Å². The van der Waals surface area contributed by atoms with Crippen LogP contribution >= 0.6 is 0 Å².